The minimum Gasteiger partial charge on any atom is -0.491 e. The van der Waals surface area contributed by atoms with E-state index in [1.165, 1.54) is 0 Å². The first-order valence-corrected chi connectivity index (χ1v) is 16.2. The van der Waals surface area contributed by atoms with Gasteiger partial charge in [0.2, 0.25) is 5.78 Å². The number of pyridine rings is 1. The van der Waals surface area contributed by atoms with Gasteiger partial charge in [0.1, 0.15) is 35.0 Å². The first kappa shape index (κ1) is 37.7. The van der Waals surface area contributed by atoms with E-state index in [1.54, 1.807) is 68.8 Å². The number of methoxy groups -OCH3 is 2. The van der Waals surface area contributed by atoms with E-state index < -0.39 is 0 Å². The maximum Gasteiger partial charge on any atom is 0.212 e. The number of carbonyl (C=O) groups excluding carboxylic acids is 2. The summed E-state index contributed by atoms with van der Waals surface area (Å²) >= 11 is 6.80. The van der Waals surface area contributed by atoms with Crippen LogP contribution in [0.2, 0.25) is 0 Å². The number of hydrogen-bond donors (Lipinski definition) is 0. The summed E-state index contributed by atoms with van der Waals surface area (Å²) in [6.45, 7) is 5.61. The highest BCUT2D eigenvalue weighted by Gasteiger charge is 2.21. The fourth-order valence-electron chi connectivity index (χ4n) is 3.85. The Morgan fingerprint density at radius 3 is 1.39 bits per heavy atom. The lowest BCUT2D eigenvalue weighted by Crippen LogP contribution is -2.12. The fourth-order valence-corrected chi connectivity index (χ4v) is 4.82. The number of halogens is 2. The number of carbonyl (C=O) groups is 2. The zero-order valence-electron chi connectivity index (χ0n) is 26.0. The number of ether oxygens (including phenoxy) is 8. The molecular formula is C33H39Br2NO10. The van der Waals surface area contributed by atoms with Gasteiger partial charge in [0.25, 0.3) is 0 Å². The molecule has 0 unspecified atom stereocenters. The molecule has 0 atom stereocenters. The van der Waals surface area contributed by atoms with Crippen molar-refractivity contribution in [2.45, 2.75) is 0 Å². The summed E-state index contributed by atoms with van der Waals surface area (Å²) in [6, 6.07) is 15.1. The normalized spacial score (nSPS) is 11.0. The first-order valence-electron chi connectivity index (χ1n) is 14.6. The first-order chi connectivity index (χ1) is 22.4. The number of benzene rings is 2. The van der Waals surface area contributed by atoms with Crippen molar-refractivity contribution >= 4 is 43.4 Å². The Labute approximate surface area is 286 Å². The monoisotopic (exact) mass is 767 g/mol. The molecular weight excluding hydrogens is 730 g/mol. The van der Waals surface area contributed by atoms with Gasteiger partial charge in [-0.05, 0) is 86.5 Å². The summed E-state index contributed by atoms with van der Waals surface area (Å²) in [5.74, 6) is 0.653. The second-order valence-electron chi connectivity index (χ2n) is 9.50. The number of ketones is 2. The van der Waals surface area contributed by atoms with Gasteiger partial charge in [0.05, 0.1) is 71.6 Å². The third-order valence-electron chi connectivity index (χ3n) is 6.22. The van der Waals surface area contributed by atoms with E-state index in [1.807, 2.05) is 0 Å². The Morgan fingerprint density at radius 2 is 0.957 bits per heavy atom. The van der Waals surface area contributed by atoms with Crippen molar-refractivity contribution in [3.63, 3.8) is 0 Å². The standard InChI is InChI=1S/C33H39Br2NO10/c1-39-11-13-41-15-17-43-19-21-45-26-7-3-24(4-8-26)31(37)28-23-29(34)30(36-33(28)35)32(38)25-5-9-27(10-6-25)46-22-20-44-18-16-42-14-12-40-2/h3-10,23H,11-22H2,1-2H3. The van der Waals surface area contributed by atoms with Crippen LogP contribution >= 0.6 is 31.9 Å². The smallest absolute Gasteiger partial charge is 0.212 e. The maximum atomic E-state index is 13.3. The van der Waals surface area contributed by atoms with Gasteiger partial charge in [0.15, 0.2) is 5.78 Å². The van der Waals surface area contributed by atoms with Gasteiger partial charge in [-0.1, -0.05) is 0 Å². The van der Waals surface area contributed by atoms with Crippen LogP contribution in [-0.4, -0.2) is 110 Å². The summed E-state index contributed by atoms with van der Waals surface area (Å²) in [6.07, 6.45) is 0. The van der Waals surface area contributed by atoms with Gasteiger partial charge in [-0.15, -0.1) is 0 Å². The molecule has 3 aromatic rings. The molecule has 0 radical (unpaired) electrons. The SMILES string of the molecule is COCCOCCOCCOc1ccc(C(=O)c2cc(Br)c(C(=O)c3ccc(OCCOCCOCCOC)cc3)nc2Br)cc1. The van der Waals surface area contributed by atoms with E-state index in [-0.39, 0.29) is 21.9 Å². The van der Waals surface area contributed by atoms with Crippen LogP contribution in [0.25, 0.3) is 0 Å². The van der Waals surface area contributed by atoms with Crippen LogP contribution in [0.3, 0.4) is 0 Å². The van der Waals surface area contributed by atoms with Crippen LogP contribution in [0.1, 0.15) is 32.0 Å². The van der Waals surface area contributed by atoms with Crippen molar-refractivity contribution in [2.75, 3.05) is 93.5 Å². The second-order valence-corrected chi connectivity index (χ2v) is 11.1. The highest BCUT2D eigenvalue weighted by atomic mass is 79.9. The summed E-state index contributed by atoms with van der Waals surface area (Å²) in [4.78, 5) is 30.9. The van der Waals surface area contributed by atoms with Gasteiger partial charge in [0, 0.05) is 29.8 Å². The number of hydrogen-bond acceptors (Lipinski definition) is 11. The molecule has 0 aliphatic heterocycles. The van der Waals surface area contributed by atoms with Crippen molar-refractivity contribution < 1.29 is 47.5 Å². The lowest BCUT2D eigenvalue weighted by Gasteiger charge is -2.11. The summed E-state index contributed by atoms with van der Waals surface area (Å²) < 4.78 is 43.5. The molecule has 11 nitrogen and oxygen atoms in total. The molecule has 13 heteroatoms. The highest BCUT2D eigenvalue weighted by Crippen LogP contribution is 2.28. The van der Waals surface area contributed by atoms with Crippen molar-refractivity contribution in [3.05, 3.63) is 86.1 Å². The van der Waals surface area contributed by atoms with Crippen molar-refractivity contribution in [1.82, 2.24) is 4.98 Å². The molecule has 0 fully saturated rings. The predicted molar refractivity (Wildman–Crippen MR) is 177 cm³/mol. The number of nitrogens with zero attached hydrogens (tertiary/aromatic N) is 1. The molecule has 0 saturated carbocycles. The molecule has 3 rings (SSSR count). The quantitative estimate of drug-likeness (QED) is 0.0681. The van der Waals surface area contributed by atoms with Crippen LogP contribution in [0.15, 0.2) is 63.7 Å². The lowest BCUT2D eigenvalue weighted by molar-refractivity contribution is 0.0180. The largest absolute Gasteiger partial charge is 0.491 e. The van der Waals surface area contributed by atoms with Crippen LogP contribution in [0.4, 0.5) is 0 Å². The van der Waals surface area contributed by atoms with E-state index in [2.05, 4.69) is 36.8 Å². The Bertz CT molecular complexity index is 1240. The van der Waals surface area contributed by atoms with Gasteiger partial charge in [-0.3, -0.25) is 9.59 Å². The van der Waals surface area contributed by atoms with E-state index >= 15 is 0 Å². The van der Waals surface area contributed by atoms with Gasteiger partial charge in [-0.25, -0.2) is 4.98 Å². The van der Waals surface area contributed by atoms with Crippen LogP contribution < -0.4 is 9.47 Å². The molecule has 0 aliphatic carbocycles. The predicted octanol–water partition coefficient (Wildman–Crippen LogP) is 5.19. The zero-order valence-corrected chi connectivity index (χ0v) is 29.1. The van der Waals surface area contributed by atoms with Crippen LogP contribution in [0, 0.1) is 0 Å². The lowest BCUT2D eigenvalue weighted by atomic mass is 10.0. The summed E-state index contributed by atoms with van der Waals surface area (Å²) in [7, 11) is 3.25. The van der Waals surface area contributed by atoms with E-state index in [0.29, 0.717) is 112 Å². The molecule has 1 aromatic heterocycles. The van der Waals surface area contributed by atoms with Gasteiger partial charge < -0.3 is 37.9 Å². The Kier molecular flexibility index (Phi) is 18.0. The molecule has 2 aromatic carbocycles. The average Bonchev–Trinajstić information content (AvgIpc) is 3.07. The van der Waals surface area contributed by atoms with Crippen LogP contribution in [0.5, 0.6) is 11.5 Å². The Morgan fingerprint density at radius 1 is 0.565 bits per heavy atom. The third kappa shape index (κ3) is 13.2. The minimum absolute atomic E-state index is 0.172. The Hall–Kier alpha value is -2.75. The van der Waals surface area contributed by atoms with Crippen molar-refractivity contribution in [2.24, 2.45) is 0 Å². The van der Waals surface area contributed by atoms with Gasteiger partial charge in [-0.2, -0.15) is 0 Å². The molecule has 0 spiro atoms. The van der Waals surface area contributed by atoms with Crippen molar-refractivity contribution in [3.8, 4) is 11.5 Å². The molecule has 0 aliphatic rings. The molecule has 0 N–H and O–H groups in total. The summed E-state index contributed by atoms with van der Waals surface area (Å²) in [5, 5.41) is 0. The second kappa shape index (κ2) is 21.9. The molecule has 46 heavy (non-hydrogen) atoms. The van der Waals surface area contributed by atoms with E-state index in [0.717, 1.165) is 0 Å². The number of rotatable bonds is 24. The van der Waals surface area contributed by atoms with E-state index in [9.17, 15) is 9.59 Å². The summed E-state index contributed by atoms with van der Waals surface area (Å²) in [5.41, 5.74) is 1.35. The topological polar surface area (TPSA) is 121 Å². The van der Waals surface area contributed by atoms with Crippen LogP contribution in [-0.2, 0) is 28.4 Å². The minimum atomic E-state index is -0.306. The van der Waals surface area contributed by atoms with E-state index in [4.69, 9.17) is 37.9 Å². The molecule has 0 amide bonds. The maximum absolute atomic E-state index is 13.3. The van der Waals surface area contributed by atoms with Gasteiger partial charge >= 0.3 is 0 Å². The average molecular weight is 769 g/mol. The van der Waals surface area contributed by atoms with Crippen molar-refractivity contribution in [1.29, 1.82) is 0 Å². The number of aromatic nitrogens is 1. The zero-order chi connectivity index (χ0) is 33.0. The Balaban J connectivity index is 1.46. The third-order valence-corrected chi connectivity index (χ3v) is 7.43. The highest BCUT2D eigenvalue weighted by molar-refractivity contribution is 9.11. The molecule has 0 saturated heterocycles. The fraction of sp³-hybridized carbons (Fsp3) is 0.424. The molecule has 250 valence electrons. The molecule has 1 heterocycles. The molecule has 0 bridgehead atoms.